The zero-order chi connectivity index (χ0) is 13.2. The molecular weight excluding hydrogens is 274 g/mol. The average molecular weight is 285 g/mol. The second-order valence-corrected chi connectivity index (χ2v) is 5.81. The minimum atomic E-state index is -4.04. The van der Waals surface area contributed by atoms with Crippen LogP contribution >= 0.6 is 11.6 Å². The summed E-state index contributed by atoms with van der Waals surface area (Å²) in [6.45, 7) is -0.895. The first-order valence-electron chi connectivity index (χ1n) is 4.54. The predicted octanol–water partition coefficient (Wildman–Crippen LogP) is 1.81. The van der Waals surface area contributed by atoms with Crippen LogP contribution in [0.1, 0.15) is 0 Å². The van der Waals surface area contributed by atoms with E-state index in [2.05, 4.69) is 0 Å². The first-order chi connectivity index (χ1) is 7.75. The standard InChI is InChI=1S/C9H11ClF2N2O2S/c1-14(5-9(11)12)17(15,16)8-4-6(10)2-3-7(8)13/h2-4,9H,5,13H2,1H3. The lowest BCUT2D eigenvalue weighted by molar-refractivity contribution is 0.126. The van der Waals surface area contributed by atoms with E-state index in [4.69, 9.17) is 17.3 Å². The van der Waals surface area contributed by atoms with E-state index in [0.717, 1.165) is 13.1 Å². The van der Waals surface area contributed by atoms with Crippen molar-refractivity contribution < 1.29 is 17.2 Å². The minimum absolute atomic E-state index is 0.0319. The molecule has 0 bridgehead atoms. The molecule has 0 saturated heterocycles. The van der Waals surface area contributed by atoms with Crippen LogP contribution in [0.15, 0.2) is 23.1 Å². The molecule has 0 unspecified atom stereocenters. The Bertz CT molecular complexity index is 508. The Kier molecular flexibility index (Phi) is 4.29. The van der Waals surface area contributed by atoms with Gasteiger partial charge >= 0.3 is 0 Å². The van der Waals surface area contributed by atoms with Crippen molar-refractivity contribution in [3.05, 3.63) is 23.2 Å². The largest absolute Gasteiger partial charge is 0.398 e. The number of rotatable bonds is 4. The van der Waals surface area contributed by atoms with Crippen LogP contribution in [-0.4, -0.2) is 32.7 Å². The number of halogens is 3. The van der Waals surface area contributed by atoms with Gasteiger partial charge in [-0.05, 0) is 18.2 Å². The second-order valence-electron chi connectivity index (χ2n) is 3.36. The van der Waals surface area contributed by atoms with Gasteiger partial charge in [0, 0.05) is 12.1 Å². The highest BCUT2D eigenvalue weighted by Crippen LogP contribution is 2.25. The average Bonchev–Trinajstić information content (AvgIpc) is 2.20. The second kappa shape index (κ2) is 5.16. The normalized spacial score (nSPS) is 12.4. The quantitative estimate of drug-likeness (QED) is 0.858. The lowest BCUT2D eigenvalue weighted by Crippen LogP contribution is -2.31. The van der Waals surface area contributed by atoms with Crippen LogP contribution in [0.5, 0.6) is 0 Å². The van der Waals surface area contributed by atoms with E-state index < -0.39 is 23.0 Å². The molecule has 1 aromatic carbocycles. The van der Waals surface area contributed by atoms with Gasteiger partial charge in [-0.15, -0.1) is 0 Å². The Morgan fingerprint density at radius 1 is 1.47 bits per heavy atom. The molecule has 0 spiro atoms. The third kappa shape index (κ3) is 3.27. The topological polar surface area (TPSA) is 63.4 Å². The summed E-state index contributed by atoms with van der Waals surface area (Å²) in [6.07, 6.45) is -2.75. The third-order valence-electron chi connectivity index (χ3n) is 2.06. The van der Waals surface area contributed by atoms with E-state index in [0.29, 0.717) is 4.31 Å². The zero-order valence-corrected chi connectivity index (χ0v) is 10.5. The van der Waals surface area contributed by atoms with Crippen LogP contribution in [0, 0.1) is 0 Å². The summed E-state index contributed by atoms with van der Waals surface area (Å²) < 4.78 is 48.6. The van der Waals surface area contributed by atoms with Gasteiger partial charge < -0.3 is 5.73 Å². The van der Waals surface area contributed by atoms with Gasteiger partial charge in [0.05, 0.1) is 12.2 Å². The van der Waals surface area contributed by atoms with E-state index in [1.165, 1.54) is 12.1 Å². The van der Waals surface area contributed by atoms with Crippen LogP contribution in [0.4, 0.5) is 14.5 Å². The number of benzene rings is 1. The molecule has 0 aliphatic rings. The smallest absolute Gasteiger partial charge is 0.252 e. The van der Waals surface area contributed by atoms with Gasteiger partial charge in [-0.3, -0.25) is 0 Å². The Morgan fingerprint density at radius 2 is 2.06 bits per heavy atom. The summed E-state index contributed by atoms with van der Waals surface area (Å²) in [7, 11) is -2.99. The molecule has 96 valence electrons. The van der Waals surface area contributed by atoms with E-state index >= 15 is 0 Å². The molecule has 17 heavy (non-hydrogen) atoms. The maximum absolute atomic E-state index is 12.1. The summed E-state index contributed by atoms with van der Waals surface area (Å²) in [4.78, 5) is -0.270. The number of nitrogens with two attached hydrogens (primary N) is 1. The Balaban J connectivity index is 3.17. The predicted molar refractivity (Wildman–Crippen MR) is 61.7 cm³/mol. The fourth-order valence-electron chi connectivity index (χ4n) is 1.19. The Labute approximate surface area is 103 Å². The molecular formula is C9H11ClF2N2O2S. The monoisotopic (exact) mass is 284 g/mol. The summed E-state index contributed by atoms with van der Waals surface area (Å²) in [5.41, 5.74) is 5.46. The van der Waals surface area contributed by atoms with E-state index in [9.17, 15) is 17.2 Å². The molecule has 2 N–H and O–H groups in total. The number of nitrogens with zero attached hydrogens (tertiary/aromatic N) is 1. The van der Waals surface area contributed by atoms with E-state index in [1.807, 2.05) is 0 Å². The minimum Gasteiger partial charge on any atom is -0.398 e. The molecule has 0 radical (unpaired) electrons. The van der Waals surface area contributed by atoms with Gasteiger partial charge in [0.15, 0.2) is 0 Å². The Morgan fingerprint density at radius 3 is 2.59 bits per heavy atom. The van der Waals surface area contributed by atoms with Gasteiger partial charge in [0.25, 0.3) is 6.43 Å². The van der Waals surface area contributed by atoms with Gasteiger partial charge in [-0.2, -0.15) is 4.31 Å². The maximum atomic E-state index is 12.1. The maximum Gasteiger partial charge on any atom is 0.252 e. The summed E-state index contributed by atoms with van der Waals surface area (Å²) in [5, 5.41) is 0.170. The fraction of sp³-hybridized carbons (Fsp3) is 0.333. The summed E-state index contributed by atoms with van der Waals surface area (Å²) >= 11 is 5.65. The molecule has 1 rings (SSSR count). The number of nitrogen functional groups attached to an aromatic ring is 1. The molecule has 0 aromatic heterocycles. The molecule has 0 fully saturated rings. The fourth-order valence-corrected chi connectivity index (χ4v) is 2.72. The summed E-state index contributed by atoms with van der Waals surface area (Å²) in [6, 6.07) is 3.86. The van der Waals surface area contributed by atoms with Gasteiger partial charge in [0.1, 0.15) is 4.90 Å². The number of anilines is 1. The number of hydrogen-bond donors (Lipinski definition) is 1. The third-order valence-corrected chi connectivity index (χ3v) is 4.17. The van der Waals surface area contributed by atoms with Crippen molar-refractivity contribution in [3.8, 4) is 0 Å². The number of hydrogen-bond acceptors (Lipinski definition) is 3. The molecule has 0 aliphatic carbocycles. The van der Waals surface area contributed by atoms with Crippen molar-refractivity contribution >= 4 is 27.3 Å². The molecule has 0 heterocycles. The highest BCUT2D eigenvalue weighted by Gasteiger charge is 2.25. The van der Waals surface area contributed by atoms with Crippen molar-refractivity contribution in [2.75, 3.05) is 19.3 Å². The Hall–Kier alpha value is -0.920. The molecule has 0 saturated carbocycles. The zero-order valence-electron chi connectivity index (χ0n) is 8.90. The lowest BCUT2D eigenvalue weighted by Gasteiger charge is -2.17. The molecule has 8 heteroatoms. The van der Waals surface area contributed by atoms with Gasteiger partial charge in [-0.1, -0.05) is 11.6 Å². The van der Waals surface area contributed by atoms with Crippen LogP contribution in [-0.2, 0) is 10.0 Å². The van der Waals surface area contributed by atoms with E-state index in [-0.39, 0.29) is 15.6 Å². The first kappa shape index (κ1) is 14.1. The van der Waals surface area contributed by atoms with Crippen molar-refractivity contribution in [1.82, 2.24) is 4.31 Å². The van der Waals surface area contributed by atoms with Crippen molar-refractivity contribution in [1.29, 1.82) is 0 Å². The van der Waals surface area contributed by atoms with Gasteiger partial charge in [0.2, 0.25) is 10.0 Å². The first-order valence-corrected chi connectivity index (χ1v) is 6.36. The lowest BCUT2D eigenvalue weighted by atomic mass is 10.3. The summed E-state index contributed by atoms with van der Waals surface area (Å²) in [5.74, 6) is 0. The molecule has 1 aromatic rings. The van der Waals surface area contributed by atoms with Crippen molar-refractivity contribution in [2.24, 2.45) is 0 Å². The number of alkyl halides is 2. The van der Waals surface area contributed by atoms with E-state index in [1.54, 1.807) is 0 Å². The highest BCUT2D eigenvalue weighted by atomic mass is 35.5. The highest BCUT2D eigenvalue weighted by molar-refractivity contribution is 7.89. The van der Waals surface area contributed by atoms with Crippen LogP contribution in [0.25, 0.3) is 0 Å². The van der Waals surface area contributed by atoms with Crippen molar-refractivity contribution in [2.45, 2.75) is 11.3 Å². The molecule has 4 nitrogen and oxygen atoms in total. The van der Waals surface area contributed by atoms with Crippen LogP contribution in [0.3, 0.4) is 0 Å². The number of sulfonamides is 1. The molecule has 0 amide bonds. The molecule has 0 aliphatic heterocycles. The molecule has 0 atom stereocenters. The van der Waals surface area contributed by atoms with Gasteiger partial charge in [-0.25, -0.2) is 17.2 Å². The van der Waals surface area contributed by atoms with Crippen molar-refractivity contribution in [3.63, 3.8) is 0 Å². The SMILES string of the molecule is CN(CC(F)F)S(=O)(=O)c1cc(Cl)ccc1N. The van der Waals surface area contributed by atoms with Crippen LogP contribution < -0.4 is 5.73 Å². The van der Waals surface area contributed by atoms with Crippen LogP contribution in [0.2, 0.25) is 5.02 Å².